The number of amides is 2. The summed E-state index contributed by atoms with van der Waals surface area (Å²) in [5.74, 6) is -0.187. The summed E-state index contributed by atoms with van der Waals surface area (Å²) >= 11 is 7.30. The van der Waals surface area contributed by atoms with E-state index in [4.69, 9.17) is 11.6 Å². The van der Waals surface area contributed by atoms with Gasteiger partial charge in [0.15, 0.2) is 0 Å². The Bertz CT molecular complexity index is 837. The van der Waals surface area contributed by atoms with Crippen molar-refractivity contribution in [1.82, 2.24) is 15.1 Å². The number of hydrogen-bond acceptors (Lipinski definition) is 5. The Hall–Kier alpha value is -1.99. The van der Waals surface area contributed by atoms with Crippen molar-refractivity contribution < 1.29 is 9.59 Å². The first-order valence-corrected chi connectivity index (χ1v) is 10.6. The van der Waals surface area contributed by atoms with Gasteiger partial charge in [-0.1, -0.05) is 43.7 Å². The molecule has 1 aliphatic heterocycles. The molecule has 1 saturated heterocycles. The Morgan fingerprint density at radius 1 is 1.18 bits per heavy atom. The van der Waals surface area contributed by atoms with E-state index in [1.165, 1.54) is 11.3 Å². The molecule has 0 atom stereocenters. The first-order chi connectivity index (χ1) is 13.2. The SMILES string of the molecule is CC(C)(C)Cc1nnc(NC(=O)C2CCN(C(=O)c3ccc(Cl)cc3)CC2)s1. The molecule has 8 heteroatoms. The van der Waals surface area contributed by atoms with Crippen LogP contribution in [0, 0.1) is 11.3 Å². The Kier molecular flexibility index (Phi) is 6.35. The van der Waals surface area contributed by atoms with Crippen LogP contribution in [-0.4, -0.2) is 40.0 Å². The maximum Gasteiger partial charge on any atom is 0.253 e. The first-order valence-electron chi connectivity index (χ1n) is 9.39. The maximum absolute atomic E-state index is 12.6. The average molecular weight is 421 g/mol. The van der Waals surface area contributed by atoms with Gasteiger partial charge in [-0.3, -0.25) is 9.59 Å². The van der Waals surface area contributed by atoms with Crippen molar-refractivity contribution in [3.8, 4) is 0 Å². The number of halogens is 1. The van der Waals surface area contributed by atoms with Crippen molar-refractivity contribution >= 4 is 39.9 Å². The van der Waals surface area contributed by atoms with Crippen LogP contribution in [0.25, 0.3) is 0 Å². The lowest BCUT2D eigenvalue weighted by Gasteiger charge is -2.31. The van der Waals surface area contributed by atoms with Crippen molar-refractivity contribution in [3.63, 3.8) is 0 Å². The fourth-order valence-electron chi connectivity index (χ4n) is 3.16. The zero-order valence-corrected chi connectivity index (χ0v) is 17.9. The highest BCUT2D eigenvalue weighted by Crippen LogP contribution is 2.26. The van der Waals surface area contributed by atoms with Gasteiger partial charge >= 0.3 is 0 Å². The number of hydrogen-bond donors (Lipinski definition) is 1. The van der Waals surface area contributed by atoms with Gasteiger partial charge in [0.05, 0.1) is 0 Å². The molecule has 0 unspecified atom stereocenters. The number of piperidine rings is 1. The Morgan fingerprint density at radius 2 is 1.82 bits per heavy atom. The molecule has 0 bridgehead atoms. The van der Waals surface area contributed by atoms with Gasteiger partial charge in [0.25, 0.3) is 5.91 Å². The topological polar surface area (TPSA) is 75.2 Å². The van der Waals surface area contributed by atoms with E-state index in [2.05, 4.69) is 36.3 Å². The van der Waals surface area contributed by atoms with Crippen LogP contribution in [0.3, 0.4) is 0 Å². The Balaban J connectivity index is 1.51. The van der Waals surface area contributed by atoms with Gasteiger partial charge in [-0.05, 0) is 42.5 Å². The minimum Gasteiger partial charge on any atom is -0.339 e. The average Bonchev–Trinajstić information content (AvgIpc) is 3.06. The third kappa shape index (κ3) is 5.52. The first kappa shape index (κ1) is 20.7. The molecule has 0 spiro atoms. The zero-order valence-electron chi connectivity index (χ0n) is 16.4. The molecule has 2 aromatic rings. The number of nitrogens with zero attached hydrogens (tertiary/aromatic N) is 3. The van der Waals surface area contributed by atoms with Crippen LogP contribution in [0.2, 0.25) is 5.02 Å². The summed E-state index contributed by atoms with van der Waals surface area (Å²) in [6, 6.07) is 6.89. The molecule has 1 fully saturated rings. The van der Waals surface area contributed by atoms with Gasteiger partial charge in [-0.15, -0.1) is 10.2 Å². The quantitative estimate of drug-likeness (QED) is 0.801. The van der Waals surface area contributed by atoms with Gasteiger partial charge < -0.3 is 10.2 Å². The van der Waals surface area contributed by atoms with Gasteiger partial charge in [-0.25, -0.2) is 0 Å². The minimum atomic E-state index is -0.121. The van der Waals surface area contributed by atoms with Crippen LogP contribution >= 0.6 is 22.9 Å². The fraction of sp³-hybridized carbons (Fsp3) is 0.500. The zero-order chi connectivity index (χ0) is 20.3. The summed E-state index contributed by atoms with van der Waals surface area (Å²) in [6.07, 6.45) is 2.10. The number of anilines is 1. The van der Waals surface area contributed by atoms with E-state index in [0.29, 0.717) is 41.6 Å². The molecule has 1 aromatic heterocycles. The van der Waals surface area contributed by atoms with E-state index >= 15 is 0 Å². The fourth-order valence-corrected chi connectivity index (χ4v) is 4.33. The largest absolute Gasteiger partial charge is 0.339 e. The monoisotopic (exact) mass is 420 g/mol. The van der Waals surface area contributed by atoms with Gasteiger partial charge in [0.2, 0.25) is 11.0 Å². The second-order valence-electron chi connectivity index (χ2n) is 8.30. The summed E-state index contributed by atoms with van der Waals surface area (Å²) in [6.45, 7) is 7.55. The minimum absolute atomic E-state index is 0.0218. The lowest BCUT2D eigenvalue weighted by molar-refractivity contribution is -0.121. The van der Waals surface area contributed by atoms with E-state index in [1.54, 1.807) is 29.2 Å². The summed E-state index contributed by atoms with van der Waals surface area (Å²) in [5.41, 5.74) is 0.747. The molecule has 150 valence electrons. The van der Waals surface area contributed by atoms with E-state index < -0.39 is 0 Å². The molecule has 2 amide bonds. The van der Waals surface area contributed by atoms with Crippen LogP contribution in [0.4, 0.5) is 5.13 Å². The van der Waals surface area contributed by atoms with Crippen LogP contribution in [0.15, 0.2) is 24.3 Å². The lowest BCUT2D eigenvalue weighted by atomic mass is 9.93. The predicted molar refractivity (Wildman–Crippen MR) is 112 cm³/mol. The molecule has 0 radical (unpaired) electrons. The number of aromatic nitrogens is 2. The van der Waals surface area contributed by atoms with Crippen molar-refractivity contribution in [2.75, 3.05) is 18.4 Å². The normalized spacial score (nSPS) is 15.5. The number of nitrogens with one attached hydrogen (secondary N) is 1. The summed E-state index contributed by atoms with van der Waals surface area (Å²) in [4.78, 5) is 26.9. The molecule has 0 aliphatic carbocycles. The van der Waals surface area contributed by atoms with Crippen molar-refractivity contribution in [1.29, 1.82) is 0 Å². The number of carbonyl (C=O) groups is 2. The highest BCUT2D eigenvalue weighted by molar-refractivity contribution is 7.15. The predicted octanol–water partition coefficient (Wildman–Crippen LogP) is 4.27. The van der Waals surface area contributed by atoms with Crippen LogP contribution in [0.1, 0.15) is 49.0 Å². The molecule has 28 heavy (non-hydrogen) atoms. The number of benzene rings is 1. The smallest absolute Gasteiger partial charge is 0.253 e. The number of rotatable bonds is 4. The molecular weight excluding hydrogens is 396 g/mol. The van der Waals surface area contributed by atoms with Crippen LogP contribution in [0.5, 0.6) is 0 Å². The van der Waals surface area contributed by atoms with Crippen LogP contribution < -0.4 is 5.32 Å². The third-order valence-corrected chi connectivity index (χ3v) is 5.71. The maximum atomic E-state index is 12.6. The van der Waals surface area contributed by atoms with Crippen molar-refractivity contribution in [2.45, 2.75) is 40.0 Å². The molecule has 1 aromatic carbocycles. The summed E-state index contributed by atoms with van der Waals surface area (Å²) in [5, 5.41) is 13.2. The molecule has 6 nitrogen and oxygen atoms in total. The lowest BCUT2D eigenvalue weighted by Crippen LogP contribution is -2.41. The second-order valence-corrected chi connectivity index (χ2v) is 9.80. The molecule has 2 heterocycles. The van der Waals surface area contributed by atoms with Crippen molar-refractivity contribution in [3.05, 3.63) is 39.9 Å². The highest BCUT2D eigenvalue weighted by Gasteiger charge is 2.28. The van der Waals surface area contributed by atoms with E-state index in [-0.39, 0.29) is 23.1 Å². The molecule has 3 rings (SSSR count). The Morgan fingerprint density at radius 3 is 2.43 bits per heavy atom. The standard InChI is InChI=1S/C20H25ClN4O2S/c1-20(2,3)12-16-23-24-19(28-16)22-17(26)13-8-10-25(11-9-13)18(27)14-4-6-15(21)7-5-14/h4-7,13H,8-12H2,1-3H3,(H,22,24,26). The third-order valence-electron chi connectivity index (χ3n) is 4.62. The number of likely N-dealkylation sites (tertiary alicyclic amines) is 1. The highest BCUT2D eigenvalue weighted by atomic mass is 35.5. The second kappa shape index (κ2) is 8.57. The molecular formula is C20H25ClN4O2S. The molecule has 1 N–H and O–H groups in total. The van der Waals surface area contributed by atoms with E-state index in [9.17, 15) is 9.59 Å². The van der Waals surface area contributed by atoms with Crippen LogP contribution in [-0.2, 0) is 11.2 Å². The molecule has 1 aliphatic rings. The van der Waals surface area contributed by atoms with E-state index in [0.717, 1.165) is 11.4 Å². The number of carbonyl (C=O) groups excluding carboxylic acids is 2. The van der Waals surface area contributed by atoms with Gasteiger partial charge in [-0.2, -0.15) is 0 Å². The van der Waals surface area contributed by atoms with Crippen molar-refractivity contribution in [2.24, 2.45) is 11.3 Å². The van der Waals surface area contributed by atoms with Gasteiger partial charge in [0.1, 0.15) is 5.01 Å². The molecule has 0 saturated carbocycles. The van der Waals surface area contributed by atoms with E-state index in [1.807, 2.05) is 0 Å². The summed E-state index contributed by atoms with van der Waals surface area (Å²) in [7, 11) is 0. The van der Waals surface area contributed by atoms with Gasteiger partial charge in [0, 0.05) is 36.0 Å². The summed E-state index contributed by atoms with van der Waals surface area (Å²) < 4.78 is 0. The Labute approximate surface area is 174 Å².